The lowest BCUT2D eigenvalue weighted by atomic mass is 9.92. The zero-order chi connectivity index (χ0) is 24.2. The van der Waals surface area contributed by atoms with E-state index in [1.807, 2.05) is 64.9 Å². The SMILES string of the molecule is CCOc1ccccc1N1CCN(C(=O)CC(c2cccc(F)c2)c2cnc3ccccn23)CC1. The van der Waals surface area contributed by atoms with Crippen molar-refractivity contribution in [1.29, 1.82) is 0 Å². The Kier molecular flexibility index (Phi) is 6.66. The van der Waals surface area contributed by atoms with Gasteiger partial charge in [-0.25, -0.2) is 9.37 Å². The van der Waals surface area contributed by atoms with Gasteiger partial charge in [-0.3, -0.25) is 4.79 Å². The number of nitrogens with zero attached hydrogens (tertiary/aromatic N) is 4. The number of anilines is 1. The molecule has 6 nitrogen and oxygen atoms in total. The molecular formula is C28H29FN4O2. The third-order valence-corrected chi connectivity index (χ3v) is 6.57. The molecule has 1 fully saturated rings. The zero-order valence-corrected chi connectivity index (χ0v) is 19.8. The quantitative estimate of drug-likeness (QED) is 0.390. The molecule has 0 saturated carbocycles. The van der Waals surface area contributed by atoms with Crippen LogP contribution in [0.3, 0.4) is 0 Å². The van der Waals surface area contributed by atoms with Crippen molar-refractivity contribution in [3.8, 4) is 5.75 Å². The third kappa shape index (κ3) is 4.85. The van der Waals surface area contributed by atoms with Crippen molar-refractivity contribution in [3.63, 3.8) is 0 Å². The second kappa shape index (κ2) is 10.2. The van der Waals surface area contributed by atoms with Gasteiger partial charge in [0.05, 0.1) is 18.0 Å². The Morgan fingerprint density at radius 1 is 1.03 bits per heavy atom. The Hall–Kier alpha value is -3.87. The van der Waals surface area contributed by atoms with Gasteiger partial charge in [0.1, 0.15) is 17.2 Å². The van der Waals surface area contributed by atoms with E-state index in [9.17, 15) is 9.18 Å². The number of carbonyl (C=O) groups excluding carboxylic acids is 1. The van der Waals surface area contributed by atoms with E-state index in [0.29, 0.717) is 19.7 Å². The number of piperazine rings is 1. The van der Waals surface area contributed by atoms with Crippen molar-refractivity contribution in [2.24, 2.45) is 0 Å². The van der Waals surface area contributed by atoms with Gasteiger partial charge >= 0.3 is 0 Å². The average Bonchev–Trinajstić information content (AvgIpc) is 3.32. The number of hydrogen-bond donors (Lipinski definition) is 0. The Morgan fingerprint density at radius 2 is 1.83 bits per heavy atom. The number of benzene rings is 2. The molecule has 2 aromatic carbocycles. The van der Waals surface area contributed by atoms with Crippen molar-refractivity contribution >= 4 is 17.2 Å². The molecule has 0 bridgehead atoms. The zero-order valence-electron chi connectivity index (χ0n) is 19.8. The highest BCUT2D eigenvalue weighted by Gasteiger charge is 2.28. The lowest BCUT2D eigenvalue weighted by molar-refractivity contribution is -0.131. The van der Waals surface area contributed by atoms with E-state index >= 15 is 0 Å². The first-order valence-corrected chi connectivity index (χ1v) is 12.1. The van der Waals surface area contributed by atoms with Crippen molar-refractivity contribution in [2.45, 2.75) is 19.3 Å². The van der Waals surface area contributed by atoms with E-state index in [1.165, 1.54) is 12.1 Å². The van der Waals surface area contributed by atoms with E-state index in [2.05, 4.69) is 16.0 Å². The summed E-state index contributed by atoms with van der Waals surface area (Å²) in [4.78, 5) is 22.1. The molecular weight excluding hydrogens is 443 g/mol. The molecule has 180 valence electrons. The molecule has 1 atom stereocenters. The predicted octanol–water partition coefficient (Wildman–Crippen LogP) is 4.74. The lowest BCUT2D eigenvalue weighted by Gasteiger charge is -2.37. The van der Waals surface area contributed by atoms with Crippen LogP contribution in [-0.4, -0.2) is 53.0 Å². The molecule has 1 saturated heterocycles. The fourth-order valence-electron chi connectivity index (χ4n) is 4.82. The highest BCUT2D eigenvalue weighted by molar-refractivity contribution is 5.78. The maximum atomic E-state index is 14.1. The highest BCUT2D eigenvalue weighted by atomic mass is 19.1. The fourth-order valence-corrected chi connectivity index (χ4v) is 4.82. The number of imidazole rings is 1. The number of hydrogen-bond acceptors (Lipinski definition) is 4. The summed E-state index contributed by atoms with van der Waals surface area (Å²) >= 11 is 0. The van der Waals surface area contributed by atoms with E-state index in [-0.39, 0.29) is 24.1 Å². The second-order valence-electron chi connectivity index (χ2n) is 8.69. The molecule has 5 rings (SSSR count). The van der Waals surface area contributed by atoms with Gasteiger partial charge in [0.2, 0.25) is 5.91 Å². The van der Waals surface area contributed by atoms with Crippen LogP contribution in [-0.2, 0) is 4.79 Å². The van der Waals surface area contributed by atoms with E-state index in [4.69, 9.17) is 4.74 Å². The molecule has 1 unspecified atom stereocenters. The summed E-state index contributed by atoms with van der Waals surface area (Å²) in [6.07, 6.45) is 3.98. The van der Waals surface area contributed by atoms with Crippen LogP contribution in [0, 0.1) is 5.82 Å². The Bertz CT molecular complexity index is 1310. The largest absolute Gasteiger partial charge is 0.492 e. The number of halogens is 1. The third-order valence-electron chi connectivity index (χ3n) is 6.57. The number of pyridine rings is 1. The van der Waals surface area contributed by atoms with Crippen LogP contribution in [0.5, 0.6) is 5.75 Å². The molecule has 35 heavy (non-hydrogen) atoms. The van der Waals surface area contributed by atoms with Gasteiger partial charge in [0.25, 0.3) is 0 Å². The number of para-hydroxylation sites is 2. The van der Waals surface area contributed by atoms with Crippen LogP contribution in [0.2, 0.25) is 0 Å². The molecule has 0 spiro atoms. The van der Waals surface area contributed by atoms with Crippen LogP contribution < -0.4 is 9.64 Å². The van der Waals surface area contributed by atoms with Gasteiger partial charge in [-0.1, -0.05) is 30.3 Å². The molecule has 0 N–H and O–H groups in total. The molecule has 4 aromatic rings. The van der Waals surface area contributed by atoms with Gasteiger partial charge < -0.3 is 18.9 Å². The summed E-state index contributed by atoms with van der Waals surface area (Å²) < 4.78 is 21.9. The molecule has 0 aliphatic carbocycles. The van der Waals surface area contributed by atoms with Crippen LogP contribution in [0.15, 0.2) is 79.1 Å². The number of fused-ring (bicyclic) bond motifs is 1. The molecule has 2 aromatic heterocycles. The van der Waals surface area contributed by atoms with Crippen molar-refractivity contribution in [3.05, 3.63) is 96.2 Å². The minimum Gasteiger partial charge on any atom is -0.492 e. The minimum atomic E-state index is -0.310. The first-order chi connectivity index (χ1) is 17.1. The molecule has 1 amide bonds. The summed E-state index contributed by atoms with van der Waals surface area (Å²) in [5.41, 5.74) is 3.51. The topological polar surface area (TPSA) is 50.1 Å². The monoisotopic (exact) mass is 472 g/mol. The Morgan fingerprint density at radius 3 is 2.63 bits per heavy atom. The van der Waals surface area contributed by atoms with Gasteiger partial charge in [-0.15, -0.1) is 0 Å². The molecule has 7 heteroatoms. The standard InChI is InChI=1S/C28H29FN4O2/c1-2-35-26-11-4-3-10-24(26)31-14-16-32(17-15-31)28(34)19-23(21-8-7-9-22(29)18-21)25-20-30-27-12-5-6-13-33(25)27/h3-13,18,20,23H,2,14-17,19H2,1H3. The van der Waals surface area contributed by atoms with E-state index in [1.54, 1.807) is 12.3 Å². The summed E-state index contributed by atoms with van der Waals surface area (Å²) in [5, 5.41) is 0. The highest BCUT2D eigenvalue weighted by Crippen LogP contribution is 2.32. The van der Waals surface area contributed by atoms with Crippen molar-refractivity contribution in [2.75, 3.05) is 37.7 Å². The lowest BCUT2D eigenvalue weighted by Crippen LogP contribution is -2.49. The average molecular weight is 473 g/mol. The van der Waals surface area contributed by atoms with Gasteiger partial charge in [0, 0.05) is 50.9 Å². The van der Waals surface area contributed by atoms with Crippen LogP contribution in [0.25, 0.3) is 5.65 Å². The van der Waals surface area contributed by atoms with Crippen LogP contribution >= 0.6 is 0 Å². The maximum Gasteiger partial charge on any atom is 0.223 e. The smallest absolute Gasteiger partial charge is 0.223 e. The van der Waals surface area contributed by atoms with Gasteiger partial charge in [0.15, 0.2) is 0 Å². The number of aromatic nitrogens is 2. The number of carbonyl (C=O) groups is 1. The summed E-state index contributed by atoms with van der Waals surface area (Å²) in [6, 6.07) is 20.3. The van der Waals surface area contributed by atoms with Gasteiger partial charge in [-0.05, 0) is 48.9 Å². The first kappa shape index (κ1) is 22.9. The molecule has 0 radical (unpaired) electrons. The van der Waals surface area contributed by atoms with E-state index in [0.717, 1.165) is 41.4 Å². The van der Waals surface area contributed by atoms with Gasteiger partial charge in [-0.2, -0.15) is 0 Å². The molecule has 1 aliphatic rings. The number of ether oxygens (including phenoxy) is 1. The normalized spacial score (nSPS) is 14.8. The summed E-state index contributed by atoms with van der Waals surface area (Å²) in [5.74, 6) is 0.319. The van der Waals surface area contributed by atoms with E-state index < -0.39 is 0 Å². The van der Waals surface area contributed by atoms with Crippen LogP contribution in [0.4, 0.5) is 10.1 Å². The summed E-state index contributed by atoms with van der Waals surface area (Å²) in [7, 11) is 0. The predicted molar refractivity (Wildman–Crippen MR) is 134 cm³/mol. The molecule has 1 aliphatic heterocycles. The number of amides is 1. The fraction of sp³-hybridized carbons (Fsp3) is 0.286. The first-order valence-electron chi connectivity index (χ1n) is 12.1. The second-order valence-corrected chi connectivity index (χ2v) is 8.69. The van der Waals surface area contributed by atoms with Crippen molar-refractivity contribution in [1.82, 2.24) is 14.3 Å². The maximum absolute atomic E-state index is 14.1. The Labute approximate surface area is 204 Å². The molecule has 3 heterocycles. The van der Waals surface area contributed by atoms with Crippen LogP contribution in [0.1, 0.15) is 30.5 Å². The summed E-state index contributed by atoms with van der Waals surface area (Å²) in [6.45, 7) is 5.31. The Balaban J connectivity index is 1.34. The number of rotatable bonds is 7. The van der Waals surface area contributed by atoms with Crippen molar-refractivity contribution < 1.29 is 13.9 Å². The minimum absolute atomic E-state index is 0.0582.